The third kappa shape index (κ3) is 2.46. The van der Waals surface area contributed by atoms with Crippen LogP contribution in [0.1, 0.15) is 49.4 Å². The molecule has 2 atom stereocenters. The normalized spacial score (nSPS) is 23.6. The minimum atomic E-state index is 0.261. The van der Waals surface area contributed by atoms with E-state index < -0.39 is 0 Å². The van der Waals surface area contributed by atoms with E-state index in [1.54, 1.807) is 11.3 Å². The summed E-state index contributed by atoms with van der Waals surface area (Å²) in [5, 5.41) is 3.21. The van der Waals surface area contributed by atoms with Crippen molar-refractivity contribution in [2.75, 3.05) is 0 Å². The van der Waals surface area contributed by atoms with Crippen molar-refractivity contribution in [3.63, 3.8) is 0 Å². The van der Waals surface area contributed by atoms with E-state index in [0.29, 0.717) is 5.78 Å². The van der Waals surface area contributed by atoms with Crippen LogP contribution in [-0.2, 0) is 0 Å². The molecular weight excluding hydrogens is 252 g/mol. The van der Waals surface area contributed by atoms with Crippen LogP contribution in [0.3, 0.4) is 0 Å². The van der Waals surface area contributed by atoms with Gasteiger partial charge in [0.15, 0.2) is 5.78 Å². The highest BCUT2D eigenvalue weighted by Gasteiger charge is 2.28. The molecule has 0 amide bonds. The van der Waals surface area contributed by atoms with Gasteiger partial charge in [0, 0.05) is 26.9 Å². The number of carbonyl (C=O) groups is 1. The molecule has 0 aliphatic heterocycles. The Morgan fingerprint density at radius 1 is 1.32 bits per heavy atom. The quantitative estimate of drug-likeness (QED) is 0.693. The molecule has 0 spiro atoms. The van der Waals surface area contributed by atoms with Crippen molar-refractivity contribution in [1.29, 1.82) is 0 Å². The lowest BCUT2D eigenvalue weighted by molar-refractivity contribution is 0.0864. The summed E-state index contributed by atoms with van der Waals surface area (Å²) in [6.45, 7) is 2.25. The van der Waals surface area contributed by atoms with Gasteiger partial charge in [0.05, 0.1) is 0 Å². The van der Waals surface area contributed by atoms with Crippen LogP contribution in [0.5, 0.6) is 0 Å². The molecule has 0 radical (unpaired) electrons. The molecule has 1 heterocycles. The van der Waals surface area contributed by atoms with Gasteiger partial charge in [0.2, 0.25) is 0 Å². The van der Waals surface area contributed by atoms with Crippen molar-refractivity contribution in [3.8, 4) is 0 Å². The average molecular weight is 272 g/mol. The van der Waals surface area contributed by atoms with Gasteiger partial charge < -0.3 is 0 Å². The Hall–Kier alpha value is -1.15. The lowest BCUT2D eigenvalue weighted by Crippen LogP contribution is -2.22. The van der Waals surface area contributed by atoms with Crippen LogP contribution in [0, 0.1) is 11.8 Å². The second-order valence-corrected chi connectivity index (χ2v) is 6.56. The van der Waals surface area contributed by atoms with E-state index in [0.717, 1.165) is 29.7 Å². The lowest BCUT2D eigenvalue weighted by atomic mass is 9.77. The Labute approximate surface area is 118 Å². The summed E-state index contributed by atoms with van der Waals surface area (Å²) in [5.74, 6) is 1.40. The van der Waals surface area contributed by atoms with Crippen molar-refractivity contribution < 1.29 is 4.79 Å². The molecular formula is C17H20OS. The van der Waals surface area contributed by atoms with Gasteiger partial charge in [-0.2, -0.15) is 0 Å². The number of fused-ring (bicyclic) bond motifs is 1. The Morgan fingerprint density at radius 2 is 2.16 bits per heavy atom. The zero-order valence-electron chi connectivity index (χ0n) is 11.4. The molecule has 3 rings (SSSR count). The summed E-state index contributed by atoms with van der Waals surface area (Å²) in [7, 11) is 0. The maximum absolute atomic E-state index is 12.7. The summed E-state index contributed by atoms with van der Waals surface area (Å²) in [4.78, 5) is 12.7. The van der Waals surface area contributed by atoms with Gasteiger partial charge in [0.1, 0.15) is 0 Å². The fourth-order valence-corrected chi connectivity index (χ4v) is 4.24. The van der Waals surface area contributed by atoms with Crippen molar-refractivity contribution in [2.45, 2.75) is 39.0 Å². The first-order chi connectivity index (χ1) is 9.29. The minimum absolute atomic E-state index is 0.261. The van der Waals surface area contributed by atoms with Crippen molar-refractivity contribution in [2.24, 2.45) is 11.8 Å². The standard InChI is InChI=1S/C17H20OS/c1-2-12-6-5-7-13(10-12)17(18)15-11-19-16-9-4-3-8-14(15)16/h3-4,8-9,11-13H,2,5-7,10H2,1H3. The SMILES string of the molecule is CCC1CCCC(C(=O)c2csc3ccccc23)C1. The first kappa shape index (κ1) is 12.9. The minimum Gasteiger partial charge on any atom is -0.294 e. The molecule has 1 fully saturated rings. The maximum atomic E-state index is 12.7. The second-order valence-electron chi connectivity index (χ2n) is 5.65. The van der Waals surface area contributed by atoms with Gasteiger partial charge in [-0.25, -0.2) is 0 Å². The van der Waals surface area contributed by atoms with Gasteiger partial charge in [-0.15, -0.1) is 11.3 Å². The summed E-state index contributed by atoms with van der Waals surface area (Å²) in [6.07, 6.45) is 5.93. The third-order valence-electron chi connectivity index (χ3n) is 4.48. The molecule has 0 saturated heterocycles. The van der Waals surface area contributed by atoms with E-state index >= 15 is 0 Å². The van der Waals surface area contributed by atoms with Gasteiger partial charge >= 0.3 is 0 Å². The van der Waals surface area contributed by atoms with E-state index in [-0.39, 0.29) is 5.92 Å². The summed E-state index contributed by atoms with van der Waals surface area (Å²) in [6, 6.07) is 8.26. The number of carbonyl (C=O) groups excluding carboxylic acids is 1. The highest BCUT2D eigenvalue weighted by Crippen LogP contribution is 2.35. The molecule has 2 unspecified atom stereocenters. The van der Waals surface area contributed by atoms with Crippen LogP contribution in [-0.4, -0.2) is 5.78 Å². The van der Waals surface area contributed by atoms with E-state index in [1.807, 2.05) is 12.1 Å². The topological polar surface area (TPSA) is 17.1 Å². The predicted octanol–water partition coefficient (Wildman–Crippen LogP) is 5.30. The number of benzene rings is 1. The average Bonchev–Trinajstić information content (AvgIpc) is 2.90. The zero-order valence-corrected chi connectivity index (χ0v) is 12.2. The van der Waals surface area contributed by atoms with Crippen LogP contribution >= 0.6 is 11.3 Å². The number of hydrogen-bond donors (Lipinski definition) is 0. The molecule has 1 aliphatic carbocycles. The van der Waals surface area contributed by atoms with Crippen molar-refractivity contribution in [1.82, 2.24) is 0 Å². The summed E-state index contributed by atoms with van der Waals surface area (Å²) in [5.41, 5.74) is 0.961. The number of ketones is 1. The molecule has 0 N–H and O–H groups in total. The van der Waals surface area contributed by atoms with Gasteiger partial charge in [0.25, 0.3) is 0 Å². The van der Waals surface area contributed by atoms with Crippen LogP contribution < -0.4 is 0 Å². The molecule has 2 aromatic rings. The number of hydrogen-bond acceptors (Lipinski definition) is 2. The fraction of sp³-hybridized carbons (Fsp3) is 0.471. The van der Waals surface area contributed by atoms with E-state index in [4.69, 9.17) is 0 Å². The first-order valence-corrected chi connectivity index (χ1v) is 8.18. The molecule has 1 aromatic heterocycles. The maximum Gasteiger partial charge on any atom is 0.167 e. The van der Waals surface area contributed by atoms with Crippen LogP contribution in [0.25, 0.3) is 10.1 Å². The predicted molar refractivity (Wildman–Crippen MR) is 81.9 cm³/mol. The smallest absolute Gasteiger partial charge is 0.167 e. The molecule has 1 aliphatic rings. The summed E-state index contributed by atoms with van der Waals surface area (Å²) < 4.78 is 1.23. The Kier molecular flexibility index (Phi) is 3.69. The lowest BCUT2D eigenvalue weighted by Gasteiger charge is -2.27. The van der Waals surface area contributed by atoms with Crippen molar-refractivity contribution >= 4 is 27.2 Å². The molecule has 0 bridgehead atoms. The molecule has 1 saturated carbocycles. The monoisotopic (exact) mass is 272 g/mol. The molecule has 100 valence electrons. The number of Topliss-reactive ketones (excluding diaryl/α,β-unsaturated/α-hetero) is 1. The molecule has 2 heteroatoms. The molecule has 1 aromatic carbocycles. The van der Waals surface area contributed by atoms with Crippen LogP contribution in [0.4, 0.5) is 0 Å². The third-order valence-corrected chi connectivity index (χ3v) is 5.44. The van der Waals surface area contributed by atoms with E-state index in [1.165, 1.54) is 24.0 Å². The van der Waals surface area contributed by atoms with Crippen LogP contribution in [0.2, 0.25) is 0 Å². The van der Waals surface area contributed by atoms with E-state index in [9.17, 15) is 4.79 Å². The Balaban J connectivity index is 1.87. The van der Waals surface area contributed by atoms with Gasteiger partial charge in [-0.3, -0.25) is 4.79 Å². The van der Waals surface area contributed by atoms with Crippen LogP contribution in [0.15, 0.2) is 29.6 Å². The number of thiophene rings is 1. The zero-order chi connectivity index (χ0) is 13.2. The largest absolute Gasteiger partial charge is 0.294 e. The molecule has 1 nitrogen and oxygen atoms in total. The first-order valence-electron chi connectivity index (χ1n) is 7.30. The Bertz CT molecular complexity index is 584. The molecule has 19 heavy (non-hydrogen) atoms. The van der Waals surface area contributed by atoms with Gasteiger partial charge in [-0.1, -0.05) is 44.4 Å². The summed E-state index contributed by atoms with van der Waals surface area (Å²) >= 11 is 1.69. The Morgan fingerprint density at radius 3 is 3.00 bits per heavy atom. The fourth-order valence-electron chi connectivity index (χ4n) is 3.29. The highest BCUT2D eigenvalue weighted by molar-refractivity contribution is 7.17. The van der Waals surface area contributed by atoms with Crippen molar-refractivity contribution in [3.05, 3.63) is 35.2 Å². The second kappa shape index (κ2) is 5.46. The van der Waals surface area contributed by atoms with E-state index in [2.05, 4.69) is 24.4 Å². The van der Waals surface area contributed by atoms with Gasteiger partial charge in [-0.05, 0) is 24.8 Å². The number of rotatable bonds is 3. The highest BCUT2D eigenvalue weighted by atomic mass is 32.1.